The van der Waals surface area contributed by atoms with Gasteiger partial charge in [0.25, 0.3) is 5.91 Å². The van der Waals surface area contributed by atoms with E-state index in [1.807, 2.05) is 6.07 Å². The third-order valence-electron chi connectivity index (χ3n) is 4.44. The Labute approximate surface area is 158 Å². The topological polar surface area (TPSA) is 132 Å². The number of fused-ring (bicyclic) bond motifs is 2. The van der Waals surface area contributed by atoms with E-state index >= 15 is 0 Å². The van der Waals surface area contributed by atoms with Crippen molar-refractivity contribution in [3.05, 3.63) is 41.2 Å². The van der Waals surface area contributed by atoms with Crippen LogP contribution in [0.15, 0.2) is 30.7 Å². The van der Waals surface area contributed by atoms with Crippen molar-refractivity contribution in [2.75, 3.05) is 6.26 Å². The third kappa shape index (κ3) is 2.86. The van der Waals surface area contributed by atoms with Gasteiger partial charge in [-0.15, -0.1) is 11.3 Å². The second kappa shape index (κ2) is 6.10. The zero-order valence-corrected chi connectivity index (χ0v) is 16.1. The predicted octanol–water partition coefficient (Wildman–Crippen LogP) is 2.44. The summed E-state index contributed by atoms with van der Waals surface area (Å²) in [5, 5.41) is -0.0684. The first kappa shape index (κ1) is 17.6. The molecule has 0 aromatic carbocycles. The largest absolute Gasteiger partial charge is 0.365 e. The minimum Gasteiger partial charge on any atom is -0.365 e. The number of aromatic amines is 1. The van der Waals surface area contributed by atoms with E-state index in [2.05, 4.69) is 19.9 Å². The van der Waals surface area contributed by atoms with Crippen molar-refractivity contribution < 1.29 is 13.2 Å². The van der Waals surface area contributed by atoms with Gasteiger partial charge in [-0.2, -0.15) is 0 Å². The third-order valence-corrected chi connectivity index (χ3v) is 7.10. The van der Waals surface area contributed by atoms with E-state index in [0.717, 1.165) is 28.5 Å². The number of amides is 1. The number of carbonyl (C=O) groups is 1. The lowest BCUT2D eigenvalue weighted by Crippen LogP contribution is -2.16. The van der Waals surface area contributed by atoms with Gasteiger partial charge < -0.3 is 10.7 Å². The molecule has 0 aliphatic heterocycles. The van der Waals surface area contributed by atoms with E-state index in [9.17, 15) is 13.2 Å². The van der Waals surface area contributed by atoms with Crippen molar-refractivity contribution >= 4 is 48.3 Å². The van der Waals surface area contributed by atoms with Gasteiger partial charge in [0.15, 0.2) is 15.7 Å². The molecule has 8 nitrogen and oxygen atoms in total. The Morgan fingerprint density at radius 2 is 2.07 bits per heavy atom. The molecule has 1 atom stereocenters. The van der Waals surface area contributed by atoms with Crippen molar-refractivity contribution in [2.45, 2.75) is 12.2 Å². The molecule has 0 saturated carbocycles. The lowest BCUT2D eigenvalue weighted by Gasteiger charge is -2.10. The molecule has 0 bridgehead atoms. The first-order valence-electron chi connectivity index (χ1n) is 7.98. The van der Waals surface area contributed by atoms with E-state index < -0.39 is 21.0 Å². The number of H-pyrrole nitrogens is 1. The molecule has 0 saturated heterocycles. The molecule has 4 aromatic heterocycles. The van der Waals surface area contributed by atoms with Crippen LogP contribution in [0.5, 0.6) is 0 Å². The number of sulfone groups is 1. The summed E-state index contributed by atoms with van der Waals surface area (Å²) in [7, 11) is -3.45. The monoisotopic (exact) mass is 401 g/mol. The van der Waals surface area contributed by atoms with Crippen molar-refractivity contribution in [3.63, 3.8) is 0 Å². The molecule has 0 aliphatic rings. The summed E-state index contributed by atoms with van der Waals surface area (Å²) in [5.41, 5.74) is 7.70. The summed E-state index contributed by atoms with van der Waals surface area (Å²) < 4.78 is 24.9. The highest BCUT2D eigenvalue weighted by Gasteiger charge is 2.28. The van der Waals surface area contributed by atoms with Crippen molar-refractivity contribution in [1.82, 2.24) is 19.9 Å². The fourth-order valence-corrected chi connectivity index (χ4v) is 4.76. The second-order valence-corrected chi connectivity index (χ2v) is 9.60. The summed E-state index contributed by atoms with van der Waals surface area (Å²) >= 11 is 1.10. The van der Waals surface area contributed by atoms with Gasteiger partial charge in [-0.05, 0) is 19.1 Å². The minimum absolute atomic E-state index is 0.191. The minimum atomic E-state index is -3.45. The molecule has 10 heteroatoms. The maximum Gasteiger partial charge on any atom is 0.259 e. The van der Waals surface area contributed by atoms with Crippen LogP contribution in [0, 0.1) is 0 Å². The number of primary amides is 1. The van der Waals surface area contributed by atoms with Crippen LogP contribution in [-0.4, -0.2) is 40.5 Å². The van der Waals surface area contributed by atoms with Crippen LogP contribution in [0.2, 0.25) is 0 Å². The number of nitrogens with zero attached hydrogens (tertiary/aromatic N) is 3. The maximum atomic E-state index is 12.1. The van der Waals surface area contributed by atoms with E-state index in [1.54, 1.807) is 24.7 Å². The van der Waals surface area contributed by atoms with Crippen LogP contribution >= 0.6 is 11.3 Å². The highest BCUT2D eigenvalue weighted by Crippen LogP contribution is 2.38. The summed E-state index contributed by atoms with van der Waals surface area (Å²) in [6.45, 7) is 1.53. The highest BCUT2D eigenvalue weighted by molar-refractivity contribution is 7.90. The molecule has 0 radical (unpaired) electrons. The van der Waals surface area contributed by atoms with E-state index in [0.29, 0.717) is 27.3 Å². The SMILES string of the molecule is CC(c1c(C(N)=O)sc2cnc(-c3ccnc4[nH]ccc34)nc12)S(C)(=O)=O. The van der Waals surface area contributed by atoms with Gasteiger partial charge in [-0.25, -0.2) is 23.4 Å². The number of nitrogens with one attached hydrogen (secondary N) is 1. The molecular weight excluding hydrogens is 386 g/mol. The first-order chi connectivity index (χ1) is 12.8. The Morgan fingerprint density at radius 3 is 2.78 bits per heavy atom. The number of hydrogen-bond acceptors (Lipinski definition) is 7. The number of nitrogens with two attached hydrogens (primary N) is 1. The molecule has 27 heavy (non-hydrogen) atoms. The Balaban J connectivity index is 2.02. The van der Waals surface area contributed by atoms with Gasteiger partial charge in [-0.1, -0.05) is 0 Å². The zero-order chi connectivity index (χ0) is 19.3. The predicted molar refractivity (Wildman–Crippen MR) is 104 cm³/mol. The molecule has 4 aromatic rings. The van der Waals surface area contributed by atoms with Crippen LogP contribution in [-0.2, 0) is 9.84 Å². The van der Waals surface area contributed by atoms with Crippen molar-refractivity contribution in [3.8, 4) is 11.4 Å². The number of aromatic nitrogens is 4. The average Bonchev–Trinajstić information content (AvgIpc) is 3.23. The molecule has 138 valence electrons. The number of hydrogen-bond donors (Lipinski definition) is 2. The lowest BCUT2D eigenvalue weighted by molar-refractivity contribution is 0.100. The molecule has 4 rings (SSSR count). The first-order valence-corrected chi connectivity index (χ1v) is 10.7. The Kier molecular flexibility index (Phi) is 3.97. The van der Waals surface area contributed by atoms with E-state index in [-0.39, 0.29) is 4.88 Å². The molecule has 0 fully saturated rings. The van der Waals surface area contributed by atoms with Gasteiger partial charge >= 0.3 is 0 Å². The normalized spacial score (nSPS) is 13.3. The number of rotatable bonds is 4. The Morgan fingerprint density at radius 1 is 1.30 bits per heavy atom. The van der Waals surface area contributed by atoms with Crippen LogP contribution in [0.3, 0.4) is 0 Å². The Bertz CT molecular complexity index is 1310. The standard InChI is InChI=1S/C17H15N5O3S2/c1-8(27(2,24)25)12-13-11(26-14(12)15(18)23)7-21-17(22-13)10-4-6-20-16-9(10)3-5-19-16/h3-8H,1-2H3,(H2,18,23)(H,19,20). The van der Waals surface area contributed by atoms with Crippen LogP contribution < -0.4 is 5.73 Å². The number of carbonyl (C=O) groups excluding carboxylic acids is 1. The maximum absolute atomic E-state index is 12.1. The Hall–Kier alpha value is -2.85. The molecule has 0 spiro atoms. The zero-order valence-electron chi connectivity index (χ0n) is 14.4. The summed E-state index contributed by atoms with van der Waals surface area (Å²) in [5.74, 6) is -0.257. The molecule has 3 N–H and O–H groups in total. The van der Waals surface area contributed by atoms with E-state index in [4.69, 9.17) is 5.73 Å². The number of thiophene rings is 1. The van der Waals surface area contributed by atoms with Gasteiger partial charge in [-0.3, -0.25) is 4.79 Å². The molecule has 0 aliphatic carbocycles. The van der Waals surface area contributed by atoms with Gasteiger partial charge in [0.2, 0.25) is 0 Å². The smallest absolute Gasteiger partial charge is 0.259 e. The van der Waals surface area contributed by atoms with Crippen LogP contribution in [0.1, 0.15) is 27.4 Å². The molecule has 1 amide bonds. The van der Waals surface area contributed by atoms with Crippen LogP contribution in [0.25, 0.3) is 32.6 Å². The molecule has 1 unspecified atom stereocenters. The lowest BCUT2D eigenvalue weighted by atomic mass is 10.1. The van der Waals surface area contributed by atoms with Crippen molar-refractivity contribution in [1.29, 1.82) is 0 Å². The van der Waals surface area contributed by atoms with Gasteiger partial charge in [0.1, 0.15) is 5.65 Å². The van der Waals surface area contributed by atoms with Crippen LogP contribution in [0.4, 0.5) is 0 Å². The summed E-state index contributed by atoms with van der Waals surface area (Å²) in [6, 6.07) is 3.66. The highest BCUT2D eigenvalue weighted by atomic mass is 32.2. The average molecular weight is 401 g/mol. The van der Waals surface area contributed by atoms with Gasteiger partial charge in [0, 0.05) is 41.4 Å². The van der Waals surface area contributed by atoms with Crippen molar-refractivity contribution in [2.24, 2.45) is 5.73 Å². The fourth-order valence-electron chi connectivity index (χ4n) is 2.97. The quantitative estimate of drug-likeness (QED) is 0.540. The molecule has 4 heterocycles. The molecular formula is C17H15N5O3S2. The summed E-state index contributed by atoms with van der Waals surface area (Å²) in [6.07, 6.45) is 6.13. The van der Waals surface area contributed by atoms with Gasteiger partial charge in [0.05, 0.1) is 20.3 Å². The fraction of sp³-hybridized carbons (Fsp3) is 0.176. The second-order valence-electron chi connectivity index (χ2n) is 6.19. The number of pyridine rings is 1. The van der Waals surface area contributed by atoms with E-state index in [1.165, 1.54) is 6.92 Å². The summed E-state index contributed by atoms with van der Waals surface area (Å²) in [4.78, 5) is 28.4.